The standard InChI is InChI=1S/C14H21NO2/c1-11(12-9-7-6-8-10-12)14(2,15(3)4)13(16)17-5/h6-11H,1-5H3. The Morgan fingerprint density at radius 3 is 2.24 bits per heavy atom. The first-order valence-electron chi connectivity index (χ1n) is 5.75. The minimum Gasteiger partial charge on any atom is -0.468 e. The molecule has 1 aromatic carbocycles. The van der Waals surface area contributed by atoms with Crippen LogP contribution < -0.4 is 0 Å². The van der Waals surface area contributed by atoms with E-state index in [-0.39, 0.29) is 11.9 Å². The molecule has 0 saturated carbocycles. The summed E-state index contributed by atoms with van der Waals surface area (Å²) >= 11 is 0. The Balaban J connectivity index is 3.12. The summed E-state index contributed by atoms with van der Waals surface area (Å²) < 4.78 is 4.94. The molecule has 0 aromatic heterocycles. The van der Waals surface area contributed by atoms with Gasteiger partial charge in [-0.05, 0) is 26.6 Å². The minimum absolute atomic E-state index is 0.0612. The van der Waals surface area contributed by atoms with Crippen LogP contribution in [0.5, 0.6) is 0 Å². The summed E-state index contributed by atoms with van der Waals surface area (Å²) in [5.74, 6) is -0.148. The van der Waals surface area contributed by atoms with E-state index in [4.69, 9.17) is 4.74 Å². The second-order valence-electron chi connectivity index (χ2n) is 4.67. The van der Waals surface area contributed by atoms with Crippen LogP contribution in [0.15, 0.2) is 30.3 Å². The van der Waals surface area contributed by atoms with E-state index in [1.54, 1.807) is 0 Å². The highest BCUT2D eigenvalue weighted by Crippen LogP contribution is 2.32. The van der Waals surface area contributed by atoms with Crippen molar-refractivity contribution in [3.05, 3.63) is 35.9 Å². The van der Waals surface area contributed by atoms with E-state index in [9.17, 15) is 4.79 Å². The van der Waals surface area contributed by atoms with Crippen LogP contribution in [0.3, 0.4) is 0 Å². The third-order valence-corrected chi connectivity index (χ3v) is 3.67. The number of carbonyl (C=O) groups is 1. The van der Waals surface area contributed by atoms with Gasteiger partial charge in [0.2, 0.25) is 0 Å². The van der Waals surface area contributed by atoms with Gasteiger partial charge in [-0.1, -0.05) is 37.3 Å². The molecule has 2 unspecified atom stereocenters. The molecule has 0 radical (unpaired) electrons. The third kappa shape index (κ3) is 2.50. The zero-order chi connectivity index (χ0) is 13.1. The quantitative estimate of drug-likeness (QED) is 0.750. The average molecular weight is 235 g/mol. The Morgan fingerprint density at radius 2 is 1.82 bits per heavy atom. The Morgan fingerprint density at radius 1 is 1.29 bits per heavy atom. The van der Waals surface area contributed by atoms with Crippen molar-refractivity contribution in [3.8, 4) is 0 Å². The molecule has 17 heavy (non-hydrogen) atoms. The van der Waals surface area contributed by atoms with Gasteiger partial charge >= 0.3 is 5.97 Å². The lowest BCUT2D eigenvalue weighted by atomic mass is 9.81. The van der Waals surface area contributed by atoms with Crippen molar-refractivity contribution in [2.75, 3.05) is 21.2 Å². The minimum atomic E-state index is -0.657. The molecule has 1 aromatic rings. The van der Waals surface area contributed by atoms with Crippen LogP contribution in [0.2, 0.25) is 0 Å². The second-order valence-corrected chi connectivity index (χ2v) is 4.67. The van der Waals surface area contributed by atoms with Crippen LogP contribution in [0.4, 0.5) is 0 Å². The van der Waals surface area contributed by atoms with Gasteiger partial charge in [0.1, 0.15) is 5.54 Å². The highest BCUT2D eigenvalue weighted by Gasteiger charge is 2.42. The van der Waals surface area contributed by atoms with Crippen LogP contribution in [-0.2, 0) is 9.53 Å². The van der Waals surface area contributed by atoms with E-state index in [0.29, 0.717) is 0 Å². The monoisotopic (exact) mass is 235 g/mol. The summed E-state index contributed by atoms with van der Waals surface area (Å²) in [6, 6.07) is 10.0. The number of likely N-dealkylation sites (N-methyl/N-ethyl adjacent to an activating group) is 1. The maximum absolute atomic E-state index is 12.0. The molecule has 0 fully saturated rings. The summed E-state index contributed by atoms with van der Waals surface area (Å²) in [7, 11) is 5.23. The molecule has 94 valence electrons. The van der Waals surface area contributed by atoms with Gasteiger partial charge in [0, 0.05) is 5.92 Å². The van der Waals surface area contributed by atoms with Crippen LogP contribution in [0.1, 0.15) is 25.3 Å². The number of carbonyl (C=O) groups excluding carboxylic acids is 1. The Kier molecular flexibility index (Phi) is 4.29. The molecule has 0 amide bonds. The lowest BCUT2D eigenvalue weighted by Gasteiger charge is -2.38. The summed E-state index contributed by atoms with van der Waals surface area (Å²) in [4.78, 5) is 13.9. The fourth-order valence-corrected chi connectivity index (χ4v) is 2.02. The van der Waals surface area contributed by atoms with Crippen molar-refractivity contribution >= 4 is 5.97 Å². The summed E-state index contributed by atoms with van der Waals surface area (Å²) in [5.41, 5.74) is 0.477. The van der Waals surface area contributed by atoms with Gasteiger partial charge in [0.05, 0.1) is 7.11 Å². The van der Waals surface area contributed by atoms with Crippen molar-refractivity contribution in [2.24, 2.45) is 0 Å². The van der Waals surface area contributed by atoms with E-state index in [2.05, 4.69) is 0 Å². The van der Waals surface area contributed by atoms with Crippen LogP contribution in [0, 0.1) is 0 Å². The molecule has 3 nitrogen and oxygen atoms in total. The second kappa shape index (κ2) is 5.32. The molecule has 0 saturated heterocycles. The molecule has 2 atom stereocenters. The first-order valence-corrected chi connectivity index (χ1v) is 5.75. The number of rotatable bonds is 4. The smallest absolute Gasteiger partial charge is 0.326 e. The van der Waals surface area contributed by atoms with Gasteiger partial charge in [-0.25, -0.2) is 0 Å². The van der Waals surface area contributed by atoms with Gasteiger partial charge in [-0.15, -0.1) is 0 Å². The number of ether oxygens (including phenoxy) is 1. The molecule has 0 spiro atoms. The first-order chi connectivity index (χ1) is 7.94. The average Bonchev–Trinajstić information content (AvgIpc) is 2.36. The van der Waals surface area contributed by atoms with Crippen molar-refractivity contribution in [1.82, 2.24) is 4.90 Å². The fraction of sp³-hybridized carbons (Fsp3) is 0.500. The van der Waals surface area contributed by atoms with Crippen molar-refractivity contribution in [1.29, 1.82) is 0 Å². The van der Waals surface area contributed by atoms with Crippen LogP contribution in [-0.4, -0.2) is 37.6 Å². The number of methoxy groups -OCH3 is 1. The van der Waals surface area contributed by atoms with Gasteiger partial charge in [0.25, 0.3) is 0 Å². The summed E-state index contributed by atoms with van der Waals surface area (Å²) in [6.07, 6.45) is 0. The number of hydrogen-bond donors (Lipinski definition) is 0. The van der Waals surface area contributed by atoms with E-state index >= 15 is 0 Å². The van der Waals surface area contributed by atoms with Gasteiger partial charge in [0.15, 0.2) is 0 Å². The van der Waals surface area contributed by atoms with E-state index in [1.165, 1.54) is 7.11 Å². The highest BCUT2D eigenvalue weighted by atomic mass is 16.5. The Hall–Kier alpha value is -1.35. The molecule has 0 aliphatic carbocycles. The normalized spacial score (nSPS) is 16.4. The Bertz CT molecular complexity index is 375. The Labute approximate surface area is 103 Å². The topological polar surface area (TPSA) is 29.5 Å². The lowest BCUT2D eigenvalue weighted by molar-refractivity contribution is -0.154. The molecule has 3 heteroatoms. The summed E-state index contributed by atoms with van der Waals surface area (Å²) in [6.45, 7) is 3.96. The van der Waals surface area contributed by atoms with Crippen LogP contribution in [0.25, 0.3) is 0 Å². The number of hydrogen-bond acceptors (Lipinski definition) is 3. The zero-order valence-electron chi connectivity index (χ0n) is 11.2. The predicted octanol–water partition coefficient (Wildman–Crippen LogP) is 2.28. The van der Waals surface area contributed by atoms with Crippen molar-refractivity contribution < 1.29 is 9.53 Å². The number of benzene rings is 1. The molecule has 0 heterocycles. The highest BCUT2D eigenvalue weighted by molar-refractivity contribution is 5.81. The maximum atomic E-state index is 12.0. The first kappa shape index (κ1) is 13.7. The van der Waals surface area contributed by atoms with E-state index < -0.39 is 5.54 Å². The molecular weight excluding hydrogens is 214 g/mol. The largest absolute Gasteiger partial charge is 0.468 e. The fourth-order valence-electron chi connectivity index (χ4n) is 2.02. The molecule has 1 rings (SSSR count). The summed E-state index contributed by atoms with van der Waals surface area (Å²) in [5, 5.41) is 0. The predicted molar refractivity (Wildman–Crippen MR) is 69.0 cm³/mol. The molecule has 0 aliphatic rings. The van der Waals surface area contributed by atoms with Gasteiger partial charge in [-0.3, -0.25) is 9.69 Å². The van der Waals surface area contributed by atoms with E-state index in [1.807, 2.05) is 63.2 Å². The number of esters is 1. The maximum Gasteiger partial charge on any atom is 0.326 e. The molecule has 0 bridgehead atoms. The molecule has 0 N–H and O–H groups in total. The molecular formula is C14H21NO2. The third-order valence-electron chi connectivity index (χ3n) is 3.67. The zero-order valence-corrected chi connectivity index (χ0v) is 11.2. The van der Waals surface area contributed by atoms with Gasteiger partial charge < -0.3 is 4.74 Å². The lowest BCUT2D eigenvalue weighted by Crippen LogP contribution is -2.53. The van der Waals surface area contributed by atoms with Crippen molar-refractivity contribution in [2.45, 2.75) is 25.3 Å². The van der Waals surface area contributed by atoms with Crippen molar-refractivity contribution in [3.63, 3.8) is 0 Å². The molecule has 0 aliphatic heterocycles. The van der Waals surface area contributed by atoms with E-state index in [0.717, 1.165) is 5.56 Å². The number of nitrogens with zero attached hydrogens (tertiary/aromatic N) is 1. The van der Waals surface area contributed by atoms with Crippen LogP contribution >= 0.6 is 0 Å². The SMILES string of the molecule is COC(=O)C(C)(C(C)c1ccccc1)N(C)C. The van der Waals surface area contributed by atoms with Gasteiger partial charge in [-0.2, -0.15) is 0 Å².